The number of carbonyl (C=O) groups is 2. The highest BCUT2D eigenvalue weighted by Crippen LogP contribution is 2.45. The van der Waals surface area contributed by atoms with E-state index in [1.807, 2.05) is 19.9 Å². The van der Waals surface area contributed by atoms with E-state index >= 15 is 0 Å². The highest BCUT2D eigenvalue weighted by atomic mass is 16.7. The maximum absolute atomic E-state index is 12.3. The molecular weight excluding hydrogens is 466 g/mol. The number of hydrogen-bond acceptors (Lipinski definition) is 8. The minimum absolute atomic E-state index is 0.0106. The van der Waals surface area contributed by atoms with E-state index in [2.05, 4.69) is 18.3 Å². The maximum Gasteiger partial charge on any atom is 0.303 e. The summed E-state index contributed by atoms with van der Waals surface area (Å²) in [6, 6.07) is -0.114. The SMILES string of the molecule is CC(=O)O[C@@H](C)/C=C\C(=O)N[C@@H]1C[C@H](C)[C@H](C/C=C(C)/C=C/[C@H]2O[C@](C)(O)C[C@]3(CO3)[C@H]2O)O[C@@H]1C. The molecule has 3 saturated heterocycles. The Morgan fingerprint density at radius 1 is 1.25 bits per heavy atom. The smallest absolute Gasteiger partial charge is 0.303 e. The Hall–Kier alpha value is -2.04. The average molecular weight is 508 g/mol. The molecule has 3 aliphatic heterocycles. The van der Waals surface area contributed by atoms with Gasteiger partial charge in [-0.15, -0.1) is 0 Å². The molecular formula is C27H41NO8. The number of carbonyl (C=O) groups excluding carboxylic acids is 2. The van der Waals surface area contributed by atoms with Crippen LogP contribution < -0.4 is 5.32 Å². The van der Waals surface area contributed by atoms with Gasteiger partial charge in [-0.1, -0.05) is 30.7 Å². The molecule has 36 heavy (non-hydrogen) atoms. The number of aliphatic hydroxyl groups excluding tert-OH is 1. The van der Waals surface area contributed by atoms with Crippen LogP contribution >= 0.6 is 0 Å². The molecule has 0 saturated carbocycles. The van der Waals surface area contributed by atoms with Crippen molar-refractivity contribution in [1.29, 1.82) is 0 Å². The normalized spacial score (nSPS) is 39.9. The van der Waals surface area contributed by atoms with Crippen molar-refractivity contribution in [2.24, 2.45) is 5.92 Å². The van der Waals surface area contributed by atoms with Crippen molar-refractivity contribution >= 4 is 11.9 Å². The minimum atomic E-state index is -1.34. The van der Waals surface area contributed by atoms with Crippen molar-refractivity contribution in [3.63, 3.8) is 0 Å². The zero-order chi connectivity index (χ0) is 26.7. The first-order valence-corrected chi connectivity index (χ1v) is 12.7. The number of ether oxygens (including phenoxy) is 4. The lowest BCUT2D eigenvalue weighted by Crippen LogP contribution is -2.54. The van der Waals surface area contributed by atoms with Crippen molar-refractivity contribution in [3.8, 4) is 0 Å². The lowest BCUT2D eigenvalue weighted by molar-refractivity contribution is -0.272. The van der Waals surface area contributed by atoms with Crippen LogP contribution in [-0.4, -0.2) is 76.6 Å². The predicted molar refractivity (Wildman–Crippen MR) is 133 cm³/mol. The Balaban J connectivity index is 1.49. The monoisotopic (exact) mass is 507 g/mol. The highest BCUT2D eigenvalue weighted by Gasteiger charge is 2.61. The second-order valence-electron chi connectivity index (χ2n) is 10.7. The zero-order valence-electron chi connectivity index (χ0n) is 22.1. The van der Waals surface area contributed by atoms with Crippen LogP contribution in [0, 0.1) is 5.92 Å². The Labute approximate surface area is 213 Å². The number of allylic oxidation sites excluding steroid dienone is 2. The van der Waals surface area contributed by atoms with Crippen LogP contribution in [0.5, 0.6) is 0 Å². The fourth-order valence-corrected chi connectivity index (χ4v) is 4.95. The van der Waals surface area contributed by atoms with E-state index in [1.54, 1.807) is 26.0 Å². The van der Waals surface area contributed by atoms with Crippen molar-refractivity contribution in [1.82, 2.24) is 5.32 Å². The molecule has 9 nitrogen and oxygen atoms in total. The van der Waals surface area contributed by atoms with Gasteiger partial charge in [0.15, 0.2) is 5.79 Å². The van der Waals surface area contributed by atoms with E-state index in [-0.39, 0.29) is 36.5 Å². The lowest BCUT2D eigenvalue weighted by atomic mass is 9.87. The average Bonchev–Trinajstić information content (AvgIpc) is 3.54. The van der Waals surface area contributed by atoms with Gasteiger partial charge in [-0.3, -0.25) is 9.59 Å². The molecule has 1 spiro atoms. The van der Waals surface area contributed by atoms with Gasteiger partial charge in [-0.05, 0) is 52.5 Å². The molecule has 0 unspecified atom stereocenters. The Morgan fingerprint density at radius 2 is 1.94 bits per heavy atom. The summed E-state index contributed by atoms with van der Waals surface area (Å²) in [6.07, 6.45) is 8.33. The van der Waals surface area contributed by atoms with Gasteiger partial charge >= 0.3 is 5.97 Å². The van der Waals surface area contributed by atoms with E-state index in [1.165, 1.54) is 13.0 Å². The number of nitrogens with one attached hydrogen (secondary N) is 1. The Kier molecular flexibility index (Phi) is 9.16. The first kappa shape index (κ1) is 28.5. The Bertz CT molecular complexity index is 890. The first-order valence-electron chi connectivity index (χ1n) is 12.7. The van der Waals surface area contributed by atoms with E-state index < -0.39 is 35.7 Å². The lowest BCUT2D eigenvalue weighted by Gasteiger charge is -2.40. The van der Waals surface area contributed by atoms with Crippen molar-refractivity contribution in [3.05, 3.63) is 36.0 Å². The van der Waals surface area contributed by atoms with Crippen molar-refractivity contribution in [2.75, 3.05) is 6.61 Å². The Morgan fingerprint density at radius 3 is 2.58 bits per heavy atom. The third kappa shape index (κ3) is 7.73. The fourth-order valence-electron chi connectivity index (χ4n) is 4.95. The molecule has 0 aliphatic carbocycles. The van der Waals surface area contributed by atoms with E-state index in [0.29, 0.717) is 13.0 Å². The largest absolute Gasteiger partial charge is 0.459 e. The molecule has 3 heterocycles. The summed E-state index contributed by atoms with van der Waals surface area (Å²) in [4.78, 5) is 23.3. The van der Waals surface area contributed by atoms with Crippen LogP contribution in [0.25, 0.3) is 0 Å². The van der Waals surface area contributed by atoms with Crippen LogP contribution in [0.3, 0.4) is 0 Å². The highest BCUT2D eigenvalue weighted by molar-refractivity contribution is 5.87. The molecule has 9 heteroatoms. The van der Waals surface area contributed by atoms with Crippen molar-refractivity contribution in [2.45, 2.75) is 109 Å². The molecule has 3 aliphatic rings. The second kappa shape index (κ2) is 11.6. The third-order valence-corrected chi connectivity index (χ3v) is 7.02. The predicted octanol–water partition coefficient (Wildman–Crippen LogP) is 2.31. The minimum Gasteiger partial charge on any atom is -0.459 e. The van der Waals surface area contributed by atoms with Gasteiger partial charge in [0.1, 0.15) is 23.9 Å². The van der Waals surface area contributed by atoms with Gasteiger partial charge in [0, 0.05) is 19.4 Å². The van der Waals surface area contributed by atoms with Gasteiger partial charge in [0.2, 0.25) is 5.91 Å². The number of amides is 1. The van der Waals surface area contributed by atoms with E-state index in [9.17, 15) is 19.8 Å². The van der Waals surface area contributed by atoms with Gasteiger partial charge < -0.3 is 34.5 Å². The molecule has 3 rings (SSSR count). The van der Waals surface area contributed by atoms with Crippen LogP contribution in [0.1, 0.15) is 60.8 Å². The summed E-state index contributed by atoms with van der Waals surface area (Å²) in [5.74, 6) is -1.75. The number of rotatable bonds is 8. The molecule has 0 bridgehead atoms. The molecule has 3 N–H and O–H groups in total. The molecule has 3 fully saturated rings. The summed E-state index contributed by atoms with van der Waals surface area (Å²) in [5, 5.41) is 23.9. The molecule has 9 atom stereocenters. The topological polar surface area (TPSA) is 127 Å². The van der Waals surface area contributed by atoms with Gasteiger partial charge in [0.05, 0.1) is 24.9 Å². The summed E-state index contributed by atoms with van der Waals surface area (Å²) in [6.45, 7) is 11.1. The molecule has 0 radical (unpaired) electrons. The fraction of sp³-hybridized carbons (Fsp3) is 0.704. The van der Waals surface area contributed by atoms with Crippen LogP contribution in [0.15, 0.2) is 36.0 Å². The maximum atomic E-state index is 12.3. The number of epoxide rings is 1. The van der Waals surface area contributed by atoms with Gasteiger partial charge in [-0.25, -0.2) is 0 Å². The van der Waals surface area contributed by atoms with Gasteiger partial charge in [-0.2, -0.15) is 0 Å². The van der Waals surface area contributed by atoms with Crippen LogP contribution in [-0.2, 0) is 28.5 Å². The van der Waals surface area contributed by atoms with Crippen molar-refractivity contribution < 1.29 is 38.7 Å². The molecule has 1 amide bonds. The number of hydrogen-bond donors (Lipinski definition) is 3. The van der Waals surface area contributed by atoms with E-state index in [0.717, 1.165) is 12.0 Å². The van der Waals surface area contributed by atoms with Gasteiger partial charge in [0.25, 0.3) is 0 Å². The summed E-state index contributed by atoms with van der Waals surface area (Å²) < 4.78 is 22.3. The van der Waals surface area contributed by atoms with Crippen LogP contribution in [0.4, 0.5) is 0 Å². The summed E-state index contributed by atoms with van der Waals surface area (Å²) >= 11 is 0. The van der Waals surface area contributed by atoms with E-state index in [4.69, 9.17) is 18.9 Å². The molecule has 0 aromatic carbocycles. The molecule has 0 aromatic heterocycles. The van der Waals surface area contributed by atoms with Crippen LogP contribution in [0.2, 0.25) is 0 Å². The number of esters is 1. The second-order valence-corrected chi connectivity index (χ2v) is 10.7. The molecule has 0 aromatic rings. The summed E-state index contributed by atoms with van der Waals surface area (Å²) in [5.41, 5.74) is 0.283. The molecule has 202 valence electrons. The quantitative estimate of drug-likeness (QED) is 0.198. The zero-order valence-corrected chi connectivity index (χ0v) is 22.1. The standard InChI is InChI=1S/C27H41NO8/c1-16(8-11-23-25(31)27(15-33-27)14-26(6,32)36-23)7-10-22-17(2)13-21(19(4)35-22)28-24(30)12-9-18(3)34-20(5)29/h7-9,11-12,17-19,21-23,25,31-32H,10,13-15H2,1-6H3,(H,28,30)/b11-8+,12-9-,16-7+/t17-,18-,19+,21+,22-,23+,25-,26-,27-/m0/s1. The first-order chi connectivity index (χ1) is 16.8. The third-order valence-electron chi connectivity index (χ3n) is 7.02. The summed E-state index contributed by atoms with van der Waals surface area (Å²) in [7, 11) is 0. The number of aliphatic hydroxyl groups is 2.